The fraction of sp³-hybridized carbons (Fsp3) is 0.700. The molecule has 2 N–H and O–H groups in total. The normalized spacial score (nSPS) is 11.2. The average molecular weight is 197 g/mol. The molecule has 0 atom stereocenters. The van der Waals surface area contributed by atoms with Gasteiger partial charge < -0.3 is 5.32 Å². The molecule has 0 aliphatic carbocycles. The smallest absolute Gasteiger partial charge is 0.269 e. The van der Waals surface area contributed by atoms with E-state index >= 15 is 0 Å². The molecule has 1 rings (SSSR count). The van der Waals surface area contributed by atoms with Gasteiger partial charge in [0.25, 0.3) is 5.56 Å². The summed E-state index contributed by atoms with van der Waals surface area (Å²) in [6.45, 7) is 5.02. The Hall–Kier alpha value is -1.03. The second kappa shape index (κ2) is 4.46. The SMILES string of the molecule is CNCCc1c(C(C)C)[nH]n(C)c1=O. The van der Waals surface area contributed by atoms with Crippen molar-refractivity contribution in [2.75, 3.05) is 13.6 Å². The number of hydrogen-bond acceptors (Lipinski definition) is 2. The van der Waals surface area contributed by atoms with Crippen molar-refractivity contribution in [3.8, 4) is 0 Å². The van der Waals surface area contributed by atoms with Crippen LogP contribution in [-0.2, 0) is 13.5 Å². The van der Waals surface area contributed by atoms with Crippen LogP contribution in [0.2, 0.25) is 0 Å². The summed E-state index contributed by atoms with van der Waals surface area (Å²) < 4.78 is 1.56. The quantitative estimate of drug-likeness (QED) is 0.742. The Morgan fingerprint density at radius 3 is 2.64 bits per heavy atom. The van der Waals surface area contributed by atoms with Gasteiger partial charge in [-0.25, -0.2) is 0 Å². The lowest BCUT2D eigenvalue weighted by Gasteiger charge is -2.04. The summed E-state index contributed by atoms with van der Waals surface area (Å²) in [5, 5.41) is 6.15. The van der Waals surface area contributed by atoms with Gasteiger partial charge in [0.05, 0.1) is 0 Å². The number of aryl methyl sites for hydroxylation is 1. The molecule has 0 saturated carbocycles. The molecule has 0 aromatic carbocycles. The van der Waals surface area contributed by atoms with Crippen molar-refractivity contribution in [1.29, 1.82) is 0 Å². The number of rotatable bonds is 4. The Kier molecular flexibility index (Phi) is 3.52. The van der Waals surface area contributed by atoms with Gasteiger partial charge in [-0.2, -0.15) is 0 Å². The zero-order valence-corrected chi connectivity index (χ0v) is 9.35. The predicted octanol–water partition coefficient (Wildman–Crippen LogP) is 0.599. The maximum atomic E-state index is 11.7. The van der Waals surface area contributed by atoms with Crippen LogP contribution in [0.5, 0.6) is 0 Å². The van der Waals surface area contributed by atoms with Crippen LogP contribution in [0.4, 0.5) is 0 Å². The Bertz CT molecular complexity index is 349. The Balaban J connectivity index is 3.04. The topological polar surface area (TPSA) is 49.8 Å². The highest BCUT2D eigenvalue weighted by Crippen LogP contribution is 2.14. The highest BCUT2D eigenvalue weighted by molar-refractivity contribution is 5.20. The molecule has 1 aromatic heterocycles. The van der Waals surface area contributed by atoms with E-state index < -0.39 is 0 Å². The number of H-pyrrole nitrogens is 1. The molecule has 4 heteroatoms. The van der Waals surface area contributed by atoms with Crippen molar-refractivity contribution in [2.45, 2.75) is 26.2 Å². The van der Waals surface area contributed by atoms with Gasteiger partial charge in [0, 0.05) is 18.3 Å². The summed E-state index contributed by atoms with van der Waals surface area (Å²) in [4.78, 5) is 11.7. The molecule has 1 aromatic rings. The Morgan fingerprint density at radius 1 is 1.50 bits per heavy atom. The Morgan fingerprint density at radius 2 is 2.14 bits per heavy atom. The lowest BCUT2D eigenvalue weighted by atomic mass is 10.0. The molecule has 0 spiro atoms. The predicted molar refractivity (Wildman–Crippen MR) is 57.8 cm³/mol. The molecule has 14 heavy (non-hydrogen) atoms. The molecule has 0 bridgehead atoms. The van der Waals surface area contributed by atoms with Crippen LogP contribution in [0.25, 0.3) is 0 Å². The lowest BCUT2D eigenvalue weighted by molar-refractivity contribution is 0.697. The minimum atomic E-state index is 0.101. The van der Waals surface area contributed by atoms with Crippen molar-refractivity contribution >= 4 is 0 Å². The number of aromatic amines is 1. The van der Waals surface area contributed by atoms with Gasteiger partial charge in [0.2, 0.25) is 0 Å². The van der Waals surface area contributed by atoms with E-state index in [1.54, 1.807) is 11.7 Å². The number of nitrogens with one attached hydrogen (secondary N) is 2. The van der Waals surface area contributed by atoms with Gasteiger partial charge in [0.1, 0.15) is 0 Å². The van der Waals surface area contributed by atoms with E-state index in [0.717, 1.165) is 24.2 Å². The van der Waals surface area contributed by atoms with Crippen molar-refractivity contribution in [3.05, 3.63) is 21.6 Å². The van der Waals surface area contributed by atoms with Crippen LogP contribution in [0.15, 0.2) is 4.79 Å². The summed E-state index contributed by atoms with van der Waals surface area (Å²) in [5.74, 6) is 0.371. The first-order valence-corrected chi connectivity index (χ1v) is 5.00. The molecular weight excluding hydrogens is 178 g/mol. The van der Waals surface area contributed by atoms with Gasteiger partial charge in [0.15, 0.2) is 0 Å². The standard InChI is InChI=1S/C10H19N3O/c1-7(2)9-8(5-6-11-3)10(14)13(4)12-9/h7,11-12H,5-6H2,1-4H3. The van der Waals surface area contributed by atoms with E-state index in [2.05, 4.69) is 24.3 Å². The van der Waals surface area contributed by atoms with Crippen LogP contribution < -0.4 is 10.9 Å². The number of hydrogen-bond donors (Lipinski definition) is 2. The van der Waals surface area contributed by atoms with Crippen LogP contribution in [0, 0.1) is 0 Å². The molecule has 4 nitrogen and oxygen atoms in total. The van der Waals surface area contributed by atoms with Crippen LogP contribution >= 0.6 is 0 Å². The van der Waals surface area contributed by atoms with Gasteiger partial charge in [-0.3, -0.25) is 14.6 Å². The van der Waals surface area contributed by atoms with E-state index in [9.17, 15) is 4.79 Å². The summed E-state index contributed by atoms with van der Waals surface area (Å²) in [6.07, 6.45) is 0.792. The number of likely N-dealkylation sites (N-methyl/N-ethyl adjacent to an activating group) is 1. The van der Waals surface area contributed by atoms with Crippen molar-refractivity contribution in [2.24, 2.45) is 7.05 Å². The molecule has 80 valence electrons. The average Bonchev–Trinajstić information content (AvgIpc) is 2.41. The minimum absolute atomic E-state index is 0.101. The van der Waals surface area contributed by atoms with Crippen molar-refractivity contribution in [3.63, 3.8) is 0 Å². The third-order valence-corrected chi connectivity index (χ3v) is 2.38. The third kappa shape index (κ3) is 2.07. The first kappa shape index (κ1) is 11.0. The van der Waals surface area contributed by atoms with E-state index in [0.29, 0.717) is 5.92 Å². The number of aromatic nitrogens is 2. The number of nitrogens with zero attached hydrogens (tertiary/aromatic N) is 1. The van der Waals surface area contributed by atoms with Gasteiger partial charge >= 0.3 is 0 Å². The fourth-order valence-corrected chi connectivity index (χ4v) is 1.59. The Labute approximate surface area is 84.3 Å². The highest BCUT2D eigenvalue weighted by Gasteiger charge is 2.13. The molecule has 0 unspecified atom stereocenters. The molecule has 1 heterocycles. The van der Waals surface area contributed by atoms with Gasteiger partial charge in [-0.1, -0.05) is 13.8 Å². The first-order chi connectivity index (χ1) is 6.57. The van der Waals surface area contributed by atoms with Crippen LogP contribution in [0.1, 0.15) is 31.0 Å². The van der Waals surface area contributed by atoms with E-state index in [4.69, 9.17) is 0 Å². The molecule has 0 aliphatic rings. The summed E-state index contributed by atoms with van der Waals surface area (Å²) >= 11 is 0. The molecule has 0 amide bonds. The maximum Gasteiger partial charge on any atom is 0.269 e. The highest BCUT2D eigenvalue weighted by atomic mass is 16.1. The lowest BCUT2D eigenvalue weighted by Crippen LogP contribution is -2.19. The zero-order chi connectivity index (χ0) is 10.7. The monoisotopic (exact) mass is 197 g/mol. The fourth-order valence-electron chi connectivity index (χ4n) is 1.59. The van der Waals surface area contributed by atoms with Crippen LogP contribution in [0.3, 0.4) is 0 Å². The van der Waals surface area contributed by atoms with Gasteiger partial charge in [-0.15, -0.1) is 0 Å². The molecular formula is C10H19N3O. The molecule has 0 radical (unpaired) electrons. The summed E-state index contributed by atoms with van der Waals surface area (Å²) in [7, 11) is 3.66. The van der Waals surface area contributed by atoms with Crippen molar-refractivity contribution < 1.29 is 0 Å². The minimum Gasteiger partial charge on any atom is -0.319 e. The van der Waals surface area contributed by atoms with Gasteiger partial charge in [-0.05, 0) is 25.9 Å². The zero-order valence-electron chi connectivity index (χ0n) is 9.35. The summed E-state index contributed by atoms with van der Waals surface area (Å²) in [6, 6.07) is 0. The second-order valence-electron chi connectivity index (χ2n) is 3.88. The van der Waals surface area contributed by atoms with E-state index in [1.165, 1.54) is 0 Å². The second-order valence-corrected chi connectivity index (χ2v) is 3.88. The summed E-state index contributed by atoms with van der Waals surface area (Å²) in [5.41, 5.74) is 2.08. The molecule has 0 fully saturated rings. The molecule has 0 aliphatic heterocycles. The van der Waals surface area contributed by atoms with E-state index in [-0.39, 0.29) is 5.56 Å². The third-order valence-electron chi connectivity index (χ3n) is 2.38. The maximum absolute atomic E-state index is 11.7. The van der Waals surface area contributed by atoms with E-state index in [1.807, 2.05) is 7.05 Å². The largest absolute Gasteiger partial charge is 0.319 e. The van der Waals surface area contributed by atoms with Crippen molar-refractivity contribution in [1.82, 2.24) is 15.1 Å². The van der Waals surface area contributed by atoms with Crippen LogP contribution in [-0.4, -0.2) is 23.4 Å². The molecule has 0 saturated heterocycles. The first-order valence-electron chi connectivity index (χ1n) is 5.00.